The number of hydrogen-bond acceptors (Lipinski definition) is 4. The van der Waals surface area contributed by atoms with Crippen LogP contribution in [0.25, 0.3) is 0 Å². The van der Waals surface area contributed by atoms with Crippen molar-refractivity contribution in [1.82, 2.24) is 15.2 Å². The molecule has 0 saturated heterocycles. The van der Waals surface area contributed by atoms with Crippen LogP contribution >= 0.6 is 24.0 Å². The number of rotatable bonds is 9. The first-order valence-corrected chi connectivity index (χ1v) is 9.52. The van der Waals surface area contributed by atoms with Crippen LogP contribution in [0.2, 0.25) is 0 Å². The van der Waals surface area contributed by atoms with Crippen molar-refractivity contribution < 1.29 is 13.9 Å². The molecule has 0 atom stereocenters. The third-order valence-electron chi connectivity index (χ3n) is 4.46. The van der Waals surface area contributed by atoms with Gasteiger partial charge in [-0.25, -0.2) is 9.37 Å². The summed E-state index contributed by atoms with van der Waals surface area (Å²) in [6.07, 6.45) is 4.34. The number of guanidine groups is 1. The number of aromatic nitrogens is 1. The molecular formula is C21H28FIN4O2. The van der Waals surface area contributed by atoms with E-state index in [-0.39, 0.29) is 29.8 Å². The minimum absolute atomic E-state index is 0. The van der Waals surface area contributed by atoms with Crippen molar-refractivity contribution in [2.24, 2.45) is 10.9 Å². The third-order valence-corrected chi connectivity index (χ3v) is 4.46. The average molecular weight is 514 g/mol. The van der Waals surface area contributed by atoms with Crippen molar-refractivity contribution >= 4 is 29.9 Å². The van der Waals surface area contributed by atoms with Gasteiger partial charge < -0.3 is 19.7 Å². The summed E-state index contributed by atoms with van der Waals surface area (Å²) in [5.74, 6) is 2.08. The van der Waals surface area contributed by atoms with Crippen LogP contribution in [0.15, 0.2) is 47.6 Å². The van der Waals surface area contributed by atoms with Crippen LogP contribution in [0, 0.1) is 11.7 Å². The third kappa shape index (κ3) is 8.14. The fourth-order valence-corrected chi connectivity index (χ4v) is 2.63. The number of nitrogens with zero attached hydrogens (tertiary/aromatic N) is 3. The number of halogens is 2. The number of ether oxygens (including phenoxy) is 2. The number of nitrogens with one attached hydrogen (secondary N) is 1. The van der Waals surface area contributed by atoms with E-state index in [1.807, 2.05) is 18.0 Å². The number of benzene rings is 1. The summed E-state index contributed by atoms with van der Waals surface area (Å²) < 4.78 is 24.5. The highest BCUT2D eigenvalue weighted by Gasteiger charge is 2.21. The minimum atomic E-state index is -0.341. The number of aliphatic imine (C=N–C) groups is 1. The van der Waals surface area contributed by atoms with Crippen LogP contribution in [-0.4, -0.2) is 49.7 Å². The highest BCUT2D eigenvalue weighted by molar-refractivity contribution is 14.0. The zero-order chi connectivity index (χ0) is 19.8. The lowest BCUT2D eigenvalue weighted by atomic mass is 10.3. The molecule has 1 aliphatic carbocycles. The van der Waals surface area contributed by atoms with Gasteiger partial charge in [-0.15, -0.1) is 24.0 Å². The Bertz CT molecular complexity index is 785. The van der Waals surface area contributed by atoms with Crippen molar-refractivity contribution in [3.8, 4) is 11.6 Å². The van der Waals surface area contributed by atoms with E-state index in [0.29, 0.717) is 24.8 Å². The Hall–Kier alpha value is -1.94. The molecule has 29 heavy (non-hydrogen) atoms. The van der Waals surface area contributed by atoms with E-state index in [1.54, 1.807) is 31.4 Å². The van der Waals surface area contributed by atoms with Crippen molar-refractivity contribution in [3.05, 3.63) is 54.0 Å². The van der Waals surface area contributed by atoms with Gasteiger partial charge in [-0.05, 0) is 36.5 Å². The molecule has 1 aliphatic rings. The molecule has 0 spiro atoms. The van der Waals surface area contributed by atoms with Crippen molar-refractivity contribution in [3.63, 3.8) is 0 Å². The highest BCUT2D eigenvalue weighted by Crippen LogP contribution is 2.28. The molecule has 0 unspecified atom stereocenters. The van der Waals surface area contributed by atoms with Gasteiger partial charge in [0.05, 0.1) is 6.61 Å². The Morgan fingerprint density at radius 2 is 2.14 bits per heavy atom. The molecule has 0 radical (unpaired) electrons. The summed E-state index contributed by atoms with van der Waals surface area (Å²) in [6.45, 7) is 2.94. The van der Waals surface area contributed by atoms with E-state index >= 15 is 0 Å². The standard InChI is InChI=1S/C21H27FN4O2.HI/c1-23-21(26(2)10-11-27-15-16-6-7-16)25-14-17-8-9-20(24-13-17)28-19-5-3-4-18(22)12-19;/h3-5,8-9,12-13,16H,6-7,10-11,14-15H2,1-2H3,(H,23,25);1H. The number of pyridine rings is 1. The monoisotopic (exact) mass is 514 g/mol. The summed E-state index contributed by atoms with van der Waals surface area (Å²) >= 11 is 0. The first kappa shape index (κ1) is 23.3. The van der Waals surface area contributed by atoms with Crippen LogP contribution in [0.4, 0.5) is 4.39 Å². The van der Waals surface area contributed by atoms with Gasteiger partial charge in [0.1, 0.15) is 11.6 Å². The van der Waals surface area contributed by atoms with E-state index in [1.165, 1.54) is 25.0 Å². The summed E-state index contributed by atoms with van der Waals surface area (Å²) in [6, 6.07) is 9.67. The fraction of sp³-hybridized carbons (Fsp3) is 0.429. The van der Waals surface area contributed by atoms with Gasteiger partial charge in [-0.2, -0.15) is 0 Å². The lowest BCUT2D eigenvalue weighted by molar-refractivity contribution is 0.115. The molecule has 1 N–H and O–H groups in total. The predicted molar refractivity (Wildman–Crippen MR) is 122 cm³/mol. The normalized spacial score (nSPS) is 13.6. The largest absolute Gasteiger partial charge is 0.439 e. The molecule has 1 heterocycles. The van der Waals surface area contributed by atoms with E-state index in [2.05, 4.69) is 15.3 Å². The van der Waals surface area contributed by atoms with Crippen LogP contribution in [0.1, 0.15) is 18.4 Å². The topological polar surface area (TPSA) is 59.0 Å². The zero-order valence-electron chi connectivity index (χ0n) is 16.8. The van der Waals surface area contributed by atoms with Gasteiger partial charge in [0.25, 0.3) is 0 Å². The summed E-state index contributed by atoms with van der Waals surface area (Å²) in [5.41, 5.74) is 0.992. The van der Waals surface area contributed by atoms with Gasteiger partial charge in [0.2, 0.25) is 5.88 Å². The summed E-state index contributed by atoms with van der Waals surface area (Å²) in [5, 5.41) is 3.31. The van der Waals surface area contributed by atoms with Gasteiger partial charge >= 0.3 is 0 Å². The Balaban J connectivity index is 0.00000300. The molecule has 2 aromatic rings. The molecule has 1 aromatic heterocycles. The van der Waals surface area contributed by atoms with E-state index in [9.17, 15) is 4.39 Å². The zero-order valence-corrected chi connectivity index (χ0v) is 19.1. The van der Waals surface area contributed by atoms with Crippen molar-refractivity contribution in [2.75, 3.05) is 33.9 Å². The Labute approximate surface area is 188 Å². The second-order valence-corrected chi connectivity index (χ2v) is 6.90. The van der Waals surface area contributed by atoms with E-state index in [4.69, 9.17) is 9.47 Å². The van der Waals surface area contributed by atoms with E-state index < -0.39 is 0 Å². The average Bonchev–Trinajstić information content (AvgIpc) is 3.51. The first-order chi connectivity index (χ1) is 13.6. The second-order valence-electron chi connectivity index (χ2n) is 6.90. The van der Waals surface area contributed by atoms with Gasteiger partial charge in [-0.3, -0.25) is 4.99 Å². The van der Waals surface area contributed by atoms with Gasteiger partial charge in [0.15, 0.2) is 5.96 Å². The van der Waals surface area contributed by atoms with Crippen LogP contribution < -0.4 is 10.1 Å². The molecule has 0 amide bonds. The Morgan fingerprint density at radius 3 is 2.79 bits per heavy atom. The van der Waals surface area contributed by atoms with Crippen molar-refractivity contribution in [1.29, 1.82) is 0 Å². The molecule has 0 aliphatic heterocycles. The van der Waals surface area contributed by atoms with Crippen LogP contribution in [0.3, 0.4) is 0 Å². The molecule has 8 heteroatoms. The molecular weight excluding hydrogens is 486 g/mol. The molecule has 3 rings (SSSR count). The minimum Gasteiger partial charge on any atom is -0.439 e. The Kier molecular flexibility index (Phi) is 9.59. The van der Waals surface area contributed by atoms with E-state index in [0.717, 1.165) is 30.6 Å². The first-order valence-electron chi connectivity index (χ1n) is 9.52. The van der Waals surface area contributed by atoms with Gasteiger partial charge in [0, 0.05) is 52.1 Å². The number of likely N-dealkylation sites (N-methyl/N-ethyl adjacent to an activating group) is 1. The lowest BCUT2D eigenvalue weighted by Crippen LogP contribution is -2.40. The molecule has 1 aromatic carbocycles. The molecule has 0 bridgehead atoms. The molecule has 1 fully saturated rings. The smallest absolute Gasteiger partial charge is 0.219 e. The van der Waals surface area contributed by atoms with Crippen LogP contribution in [0.5, 0.6) is 11.6 Å². The quantitative estimate of drug-likeness (QED) is 0.237. The maximum absolute atomic E-state index is 13.2. The Morgan fingerprint density at radius 1 is 1.31 bits per heavy atom. The predicted octanol–water partition coefficient (Wildman–Crippen LogP) is 4.06. The summed E-state index contributed by atoms with van der Waals surface area (Å²) in [7, 11) is 3.75. The van der Waals surface area contributed by atoms with Crippen LogP contribution in [-0.2, 0) is 11.3 Å². The maximum atomic E-state index is 13.2. The fourth-order valence-electron chi connectivity index (χ4n) is 2.63. The maximum Gasteiger partial charge on any atom is 0.219 e. The van der Waals surface area contributed by atoms with Crippen molar-refractivity contribution in [2.45, 2.75) is 19.4 Å². The second kappa shape index (κ2) is 11.9. The summed E-state index contributed by atoms with van der Waals surface area (Å²) in [4.78, 5) is 10.6. The molecule has 6 nitrogen and oxygen atoms in total. The number of hydrogen-bond donors (Lipinski definition) is 1. The van der Waals surface area contributed by atoms with Gasteiger partial charge in [-0.1, -0.05) is 12.1 Å². The SMILES string of the molecule is CN=C(NCc1ccc(Oc2cccc(F)c2)nc1)N(C)CCOCC1CC1.I. The lowest BCUT2D eigenvalue weighted by Gasteiger charge is -2.22. The molecule has 158 valence electrons. The highest BCUT2D eigenvalue weighted by atomic mass is 127. The molecule has 1 saturated carbocycles.